The van der Waals surface area contributed by atoms with E-state index < -0.39 is 0 Å². The van der Waals surface area contributed by atoms with Gasteiger partial charge in [0.25, 0.3) is 0 Å². The number of carbonyl (C=O) groups is 1. The molecule has 0 N–H and O–H groups in total. The van der Waals surface area contributed by atoms with Crippen molar-refractivity contribution >= 4 is 23.4 Å². The highest BCUT2D eigenvalue weighted by Crippen LogP contribution is 2.41. The summed E-state index contributed by atoms with van der Waals surface area (Å²) in [5, 5.41) is 4.26. The van der Waals surface area contributed by atoms with Crippen molar-refractivity contribution in [1.82, 2.24) is 14.3 Å². The molecule has 22 heavy (non-hydrogen) atoms. The molecular weight excluding hydrogens is 300 g/mol. The number of aromatic nitrogens is 3. The molecule has 3 rings (SSSR count). The Morgan fingerprint density at radius 2 is 2.05 bits per heavy atom. The third-order valence-corrected chi connectivity index (χ3v) is 5.33. The van der Waals surface area contributed by atoms with Crippen molar-refractivity contribution in [2.24, 2.45) is 7.05 Å². The van der Waals surface area contributed by atoms with E-state index in [1.807, 2.05) is 31.2 Å². The Morgan fingerprint density at radius 1 is 1.32 bits per heavy atom. The summed E-state index contributed by atoms with van der Waals surface area (Å²) in [6.07, 6.45) is 1.42. The smallest absolute Gasteiger partial charge is 0.306 e. The molecule has 1 aromatic carbocycles. The molecule has 0 saturated carbocycles. The zero-order valence-corrected chi connectivity index (χ0v) is 13.6. The monoisotopic (exact) mass is 318 g/mol. The van der Waals surface area contributed by atoms with Gasteiger partial charge in [0, 0.05) is 23.2 Å². The van der Waals surface area contributed by atoms with Crippen molar-refractivity contribution in [1.29, 1.82) is 0 Å². The Morgan fingerprint density at radius 3 is 2.73 bits per heavy atom. The predicted octanol–water partition coefficient (Wildman–Crippen LogP) is 1.50. The molecule has 1 aliphatic heterocycles. The number of nitrogens with zero attached hydrogens (tertiary/aromatic N) is 4. The van der Waals surface area contributed by atoms with Crippen molar-refractivity contribution in [3.8, 4) is 0 Å². The molecule has 116 valence electrons. The minimum Gasteiger partial charge on any atom is -0.306 e. The maximum absolute atomic E-state index is 12.8. The summed E-state index contributed by atoms with van der Waals surface area (Å²) in [6, 6.07) is 7.93. The van der Waals surface area contributed by atoms with Gasteiger partial charge in [-0.2, -0.15) is 5.10 Å². The maximum atomic E-state index is 12.8. The summed E-state index contributed by atoms with van der Waals surface area (Å²) in [5.41, 5.74) is 0.626. The van der Waals surface area contributed by atoms with Crippen LogP contribution in [0.2, 0.25) is 0 Å². The highest BCUT2D eigenvalue weighted by atomic mass is 32.2. The van der Waals surface area contributed by atoms with Gasteiger partial charge in [-0.15, -0.1) is 11.8 Å². The van der Waals surface area contributed by atoms with Gasteiger partial charge in [-0.05, 0) is 19.1 Å². The fourth-order valence-corrected chi connectivity index (χ4v) is 3.74. The van der Waals surface area contributed by atoms with Crippen LogP contribution in [0.5, 0.6) is 0 Å². The molecule has 0 saturated heterocycles. The lowest BCUT2D eigenvalue weighted by atomic mass is 10.1. The molecule has 2 aromatic rings. The highest BCUT2D eigenvalue weighted by molar-refractivity contribution is 8.00. The number of rotatable bonds is 2. The van der Waals surface area contributed by atoms with E-state index in [-0.39, 0.29) is 24.2 Å². The van der Waals surface area contributed by atoms with Crippen LogP contribution >= 0.6 is 11.8 Å². The molecule has 2 atom stereocenters. The molecule has 1 aliphatic rings. The van der Waals surface area contributed by atoms with Gasteiger partial charge in [0.15, 0.2) is 0 Å². The molecule has 7 heteroatoms. The van der Waals surface area contributed by atoms with Crippen LogP contribution in [-0.4, -0.2) is 31.5 Å². The van der Waals surface area contributed by atoms with Gasteiger partial charge in [0.05, 0.1) is 5.69 Å². The van der Waals surface area contributed by atoms with Crippen molar-refractivity contribution < 1.29 is 4.79 Å². The van der Waals surface area contributed by atoms with Gasteiger partial charge in [-0.3, -0.25) is 9.36 Å². The lowest BCUT2D eigenvalue weighted by molar-refractivity contribution is -0.119. The summed E-state index contributed by atoms with van der Waals surface area (Å²) in [4.78, 5) is 27.5. The molecule has 0 bridgehead atoms. The van der Waals surface area contributed by atoms with Crippen LogP contribution in [0.4, 0.5) is 5.69 Å². The number of thioether (sulfide) groups is 1. The number of anilines is 1. The predicted molar refractivity (Wildman–Crippen MR) is 86.2 cm³/mol. The standard InChI is InChI=1S/C15H18N4O2S/c1-10-11(2)22-13-7-5-4-6-12(13)19(10)14(20)8-18-15(21)17(3)9-16-18/h4-7,9-11H,8H2,1-3H3/t10-,11+/m0/s1. The average molecular weight is 318 g/mol. The molecule has 0 spiro atoms. The molecule has 0 radical (unpaired) electrons. The quantitative estimate of drug-likeness (QED) is 0.842. The van der Waals surface area contributed by atoms with Crippen LogP contribution in [-0.2, 0) is 18.4 Å². The van der Waals surface area contributed by atoms with Gasteiger partial charge in [-0.25, -0.2) is 9.48 Å². The first kappa shape index (κ1) is 14.9. The minimum atomic E-state index is -0.284. The second-order valence-corrected chi connectivity index (χ2v) is 6.90. The molecule has 2 heterocycles. The summed E-state index contributed by atoms with van der Waals surface area (Å²) < 4.78 is 2.56. The Labute approximate surface area is 132 Å². The van der Waals surface area contributed by atoms with E-state index in [4.69, 9.17) is 0 Å². The molecule has 0 aliphatic carbocycles. The van der Waals surface area contributed by atoms with E-state index in [1.54, 1.807) is 23.7 Å². The second kappa shape index (κ2) is 5.64. The zero-order chi connectivity index (χ0) is 15.9. The lowest BCUT2D eigenvalue weighted by Gasteiger charge is -2.38. The van der Waals surface area contributed by atoms with Crippen LogP contribution < -0.4 is 10.6 Å². The van der Waals surface area contributed by atoms with Gasteiger partial charge >= 0.3 is 5.69 Å². The van der Waals surface area contributed by atoms with Gasteiger partial charge in [0.1, 0.15) is 12.9 Å². The van der Waals surface area contributed by atoms with Crippen molar-refractivity contribution in [3.05, 3.63) is 41.1 Å². The minimum absolute atomic E-state index is 0.0459. The SMILES string of the molecule is C[C@H]1Sc2ccccc2N(C(=O)Cn2ncn(C)c2=O)[C@H]1C. The van der Waals surface area contributed by atoms with Gasteiger partial charge < -0.3 is 4.90 Å². The summed E-state index contributed by atoms with van der Waals surface area (Å²) in [7, 11) is 1.62. The van der Waals surface area contributed by atoms with Crippen LogP contribution in [0.15, 0.2) is 40.3 Å². The molecule has 0 fully saturated rings. The Kier molecular flexibility index (Phi) is 3.82. The second-order valence-electron chi connectivity index (χ2n) is 5.48. The van der Waals surface area contributed by atoms with Crippen LogP contribution in [0.25, 0.3) is 0 Å². The number of hydrogen-bond acceptors (Lipinski definition) is 4. The zero-order valence-electron chi connectivity index (χ0n) is 12.8. The number of para-hydroxylation sites is 1. The van der Waals surface area contributed by atoms with E-state index in [1.165, 1.54) is 15.6 Å². The topological polar surface area (TPSA) is 60.1 Å². The fraction of sp³-hybridized carbons (Fsp3) is 0.400. The first-order valence-electron chi connectivity index (χ1n) is 7.15. The van der Waals surface area contributed by atoms with E-state index in [0.717, 1.165) is 10.6 Å². The van der Waals surface area contributed by atoms with Crippen LogP contribution in [0, 0.1) is 0 Å². The van der Waals surface area contributed by atoms with E-state index in [0.29, 0.717) is 5.25 Å². The Hall–Kier alpha value is -2.02. The normalized spacial score (nSPS) is 20.8. The van der Waals surface area contributed by atoms with E-state index >= 15 is 0 Å². The van der Waals surface area contributed by atoms with Gasteiger partial charge in [0.2, 0.25) is 5.91 Å². The van der Waals surface area contributed by atoms with Crippen LogP contribution in [0.1, 0.15) is 13.8 Å². The first-order valence-corrected chi connectivity index (χ1v) is 8.03. The number of fused-ring (bicyclic) bond motifs is 1. The van der Waals surface area contributed by atoms with E-state index in [9.17, 15) is 9.59 Å². The average Bonchev–Trinajstić information content (AvgIpc) is 2.80. The number of amides is 1. The van der Waals surface area contributed by atoms with E-state index in [2.05, 4.69) is 12.0 Å². The van der Waals surface area contributed by atoms with Crippen molar-refractivity contribution in [2.75, 3.05) is 4.90 Å². The number of aryl methyl sites for hydroxylation is 1. The Bertz CT molecular complexity index is 767. The molecule has 6 nitrogen and oxygen atoms in total. The third-order valence-electron chi connectivity index (χ3n) is 3.96. The number of benzene rings is 1. The highest BCUT2D eigenvalue weighted by Gasteiger charge is 2.33. The lowest BCUT2D eigenvalue weighted by Crippen LogP contribution is -2.48. The molecule has 0 unspecified atom stereocenters. The van der Waals surface area contributed by atoms with Crippen molar-refractivity contribution in [3.63, 3.8) is 0 Å². The Balaban J connectivity index is 1.94. The van der Waals surface area contributed by atoms with Crippen LogP contribution in [0.3, 0.4) is 0 Å². The fourth-order valence-electron chi connectivity index (χ4n) is 2.58. The molecule has 1 aromatic heterocycles. The first-order chi connectivity index (χ1) is 10.5. The summed E-state index contributed by atoms with van der Waals surface area (Å²) in [5.74, 6) is -0.118. The number of carbonyl (C=O) groups excluding carboxylic acids is 1. The van der Waals surface area contributed by atoms with Crippen molar-refractivity contribution in [2.45, 2.75) is 36.6 Å². The summed E-state index contributed by atoms with van der Waals surface area (Å²) >= 11 is 1.77. The third kappa shape index (κ3) is 2.45. The molecule has 1 amide bonds. The maximum Gasteiger partial charge on any atom is 0.345 e. The summed E-state index contributed by atoms with van der Waals surface area (Å²) in [6.45, 7) is 4.10. The largest absolute Gasteiger partial charge is 0.345 e. The van der Waals surface area contributed by atoms with Gasteiger partial charge in [-0.1, -0.05) is 19.1 Å². The molecular formula is C15H18N4O2S. The number of hydrogen-bond donors (Lipinski definition) is 0.